The van der Waals surface area contributed by atoms with E-state index in [-0.39, 0.29) is 30.6 Å². The van der Waals surface area contributed by atoms with E-state index in [9.17, 15) is 14.4 Å². The summed E-state index contributed by atoms with van der Waals surface area (Å²) < 4.78 is 0.976. The minimum Gasteiger partial charge on any atom is -0.481 e. The van der Waals surface area contributed by atoms with Gasteiger partial charge in [0.15, 0.2) is 0 Å². The number of nitrogens with zero attached hydrogens (tertiary/aromatic N) is 2. The van der Waals surface area contributed by atoms with E-state index in [1.165, 1.54) is 4.90 Å². The summed E-state index contributed by atoms with van der Waals surface area (Å²) >= 11 is 3.44. The maximum Gasteiger partial charge on any atom is 0.303 e. The van der Waals surface area contributed by atoms with Crippen LogP contribution in [0.25, 0.3) is 0 Å². The van der Waals surface area contributed by atoms with Crippen LogP contribution >= 0.6 is 15.9 Å². The molecule has 1 unspecified atom stereocenters. The second-order valence-electron chi connectivity index (χ2n) is 6.10. The number of benzene rings is 1. The third kappa shape index (κ3) is 4.35. The lowest BCUT2D eigenvalue weighted by atomic mass is 10.1. The molecule has 1 saturated heterocycles. The van der Waals surface area contributed by atoms with Gasteiger partial charge in [0.2, 0.25) is 11.8 Å². The van der Waals surface area contributed by atoms with E-state index in [1.807, 2.05) is 25.1 Å². The molecule has 1 N–H and O–H groups in total. The predicted molar refractivity (Wildman–Crippen MR) is 93.8 cm³/mol. The number of carboxylic acid groups (broad SMARTS) is 1. The fourth-order valence-electron chi connectivity index (χ4n) is 2.81. The smallest absolute Gasteiger partial charge is 0.303 e. The van der Waals surface area contributed by atoms with Crippen LogP contribution in [-0.2, 0) is 14.4 Å². The maximum absolute atomic E-state index is 12.5. The van der Waals surface area contributed by atoms with Gasteiger partial charge in [-0.1, -0.05) is 15.9 Å². The van der Waals surface area contributed by atoms with Crippen molar-refractivity contribution in [1.82, 2.24) is 4.90 Å². The maximum atomic E-state index is 12.5. The fourth-order valence-corrected chi connectivity index (χ4v) is 3.06. The highest BCUT2D eigenvalue weighted by atomic mass is 79.9. The number of rotatable bonds is 6. The molecule has 7 heteroatoms. The molecule has 0 spiro atoms. The van der Waals surface area contributed by atoms with E-state index in [0.717, 1.165) is 15.7 Å². The molecule has 0 saturated carbocycles. The van der Waals surface area contributed by atoms with E-state index in [0.29, 0.717) is 19.5 Å². The fraction of sp³-hybridized carbons (Fsp3) is 0.471. The van der Waals surface area contributed by atoms with E-state index < -0.39 is 5.97 Å². The number of carboxylic acids is 1. The third-order valence-corrected chi connectivity index (χ3v) is 5.08. The second-order valence-corrected chi connectivity index (χ2v) is 6.95. The van der Waals surface area contributed by atoms with Crippen LogP contribution in [0.2, 0.25) is 0 Å². The van der Waals surface area contributed by atoms with Crippen molar-refractivity contribution in [3.05, 3.63) is 28.2 Å². The average Bonchev–Trinajstić information content (AvgIpc) is 2.90. The van der Waals surface area contributed by atoms with Crippen LogP contribution in [0.3, 0.4) is 0 Å². The number of carbonyl (C=O) groups excluding carboxylic acids is 2. The van der Waals surface area contributed by atoms with E-state index >= 15 is 0 Å². The van der Waals surface area contributed by atoms with Crippen LogP contribution in [0.5, 0.6) is 0 Å². The summed E-state index contributed by atoms with van der Waals surface area (Å²) in [6, 6.07) is 5.68. The van der Waals surface area contributed by atoms with Crippen LogP contribution in [0, 0.1) is 12.8 Å². The summed E-state index contributed by atoms with van der Waals surface area (Å²) in [6.45, 7) is 2.70. The summed E-state index contributed by atoms with van der Waals surface area (Å²) in [5.41, 5.74) is 1.82. The Labute approximate surface area is 149 Å². The molecule has 24 heavy (non-hydrogen) atoms. The minimum absolute atomic E-state index is 0.0332. The normalized spacial score (nSPS) is 17.2. The highest BCUT2D eigenvalue weighted by Crippen LogP contribution is 2.29. The Bertz CT molecular complexity index is 662. The van der Waals surface area contributed by atoms with Crippen molar-refractivity contribution in [3.63, 3.8) is 0 Å². The van der Waals surface area contributed by atoms with Gasteiger partial charge in [-0.3, -0.25) is 14.4 Å². The first-order valence-corrected chi connectivity index (χ1v) is 8.62. The van der Waals surface area contributed by atoms with Crippen LogP contribution in [0.1, 0.15) is 24.8 Å². The lowest BCUT2D eigenvalue weighted by Crippen LogP contribution is -2.35. The molecule has 0 bridgehead atoms. The lowest BCUT2D eigenvalue weighted by molar-refractivity contribution is -0.138. The van der Waals surface area contributed by atoms with Crippen molar-refractivity contribution in [2.75, 3.05) is 25.0 Å². The molecule has 1 fully saturated rings. The monoisotopic (exact) mass is 396 g/mol. The van der Waals surface area contributed by atoms with Gasteiger partial charge in [0.1, 0.15) is 0 Å². The van der Waals surface area contributed by atoms with E-state index in [1.54, 1.807) is 11.9 Å². The number of carbonyl (C=O) groups is 3. The van der Waals surface area contributed by atoms with Crippen LogP contribution in [0.4, 0.5) is 5.69 Å². The van der Waals surface area contributed by atoms with Crippen molar-refractivity contribution in [2.45, 2.75) is 26.2 Å². The highest BCUT2D eigenvalue weighted by Gasteiger charge is 2.36. The zero-order chi connectivity index (χ0) is 17.9. The first-order valence-electron chi connectivity index (χ1n) is 7.83. The highest BCUT2D eigenvalue weighted by molar-refractivity contribution is 9.10. The zero-order valence-corrected chi connectivity index (χ0v) is 15.4. The Morgan fingerprint density at radius 1 is 1.42 bits per heavy atom. The predicted octanol–water partition coefficient (Wildman–Crippen LogP) is 2.43. The molecule has 130 valence electrons. The number of anilines is 1. The summed E-state index contributed by atoms with van der Waals surface area (Å²) in [4.78, 5) is 38.4. The molecular formula is C17H21BrN2O4. The zero-order valence-electron chi connectivity index (χ0n) is 13.8. The van der Waals surface area contributed by atoms with Crippen LogP contribution in [-0.4, -0.2) is 47.9 Å². The molecule has 0 radical (unpaired) electrons. The van der Waals surface area contributed by atoms with E-state index in [2.05, 4.69) is 15.9 Å². The Balaban J connectivity index is 1.99. The van der Waals surface area contributed by atoms with Gasteiger partial charge < -0.3 is 14.9 Å². The molecule has 2 rings (SSSR count). The number of halogens is 1. The number of hydrogen-bond donors (Lipinski definition) is 1. The molecule has 1 aromatic rings. The number of amides is 2. The van der Waals surface area contributed by atoms with Gasteiger partial charge in [-0.25, -0.2) is 0 Å². The van der Waals surface area contributed by atoms with Crippen molar-refractivity contribution >= 4 is 39.4 Å². The molecule has 1 aliphatic rings. The van der Waals surface area contributed by atoms with Crippen molar-refractivity contribution in [3.8, 4) is 0 Å². The quantitative estimate of drug-likeness (QED) is 0.800. The number of aliphatic carboxylic acids is 1. The lowest BCUT2D eigenvalue weighted by Gasteiger charge is -2.21. The molecule has 0 aromatic heterocycles. The minimum atomic E-state index is -0.872. The topological polar surface area (TPSA) is 77.9 Å². The van der Waals surface area contributed by atoms with E-state index in [4.69, 9.17) is 5.11 Å². The van der Waals surface area contributed by atoms with Gasteiger partial charge in [0.05, 0.1) is 5.92 Å². The van der Waals surface area contributed by atoms with Crippen molar-refractivity contribution in [1.29, 1.82) is 0 Å². The standard InChI is InChI=1S/C17H21BrN2O4/c1-11-8-13(5-6-14(11)18)20-10-12(9-15(20)21)17(24)19(2)7-3-4-16(22)23/h5-6,8,12H,3-4,7,9-10H2,1-2H3,(H,22,23). The molecule has 2 amide bonds. The number of hydrogen-bond acceptors (Lipinski definition) is 3. The molecule has 6 nitrogen and oxygen atoms in total. The first kappa shape index (κ1) is 18.4. The van der Waals surface area contributed by atoms with Gasteiger partial charge in [-0.15, -0.1) is 0 Å². The van der Waals surface area contributed by atoms with Gasteiger partial charge in [0.25, 0.3) is 0 Å². The average molecular weight is 397 g/mol. The van der Waals surface area contributed by atoms with Gasteiger partial charge in [-0.2, -0.15) is 0 Å². The molecule has 1 aromatic carbocycles. The Kier molecular flexibility index (Phi) is 5.99. The van der Waals surface area contributed by atoms with Gasteiger partial charge >= 0.3 is 5.97 Å². The van der Waals surface area contributed by atoms with Crippen molar-refractivity contribution < 1.29 is 19.5 Å². The van der Waals surface area contributed by atoms with Crippen LogP contribution < -0.4 is 4.90 Å². The largest absolute Gasteiger partial charge is 0.481 e. The summed E-state index contributed by atoms with van der Waals surface area (Å²) in [5, 5.41) is 8.66. The molecule has 1 aliphatic heterocycles. The number of aryl methyl sites for hydroxylation is 1. The Hall–Kier alpha value is -1.89. The molecule has 0 aliphatic carbocycles. The van der Waals surface area contributed by atoms with Gasteiger partial charge in [-0.05, 0) is 37.1 Å². The third-order valence-electron chi connectivity index (χ3n) is 4.19. The Morgan fingerprint density at radius 2 is 2.12 bits per heavy atom. The van der Waals surface area contributed by atoms with Crippen LogP contribution in [0.15, 0.2) is 22.7 Å². The van der Waals surface area contributed by atoms with Crippen molar-refractivity contribution in [2.24, 2.45) is 5.92 Å². The SMILES string of the molecule is Cc1cc(N2CC(C(=O)N(C)CCCC(=O)O)CC2=O)ccc1Br. The Morgan fingerprint density at radius 3 is 2.75 bits per heavy atom. The first-order chi connectivity index (χ1) is 11.3. The molecule has 1 atom stereocenters. The van der Waals surface area contributed by atoms with Gasteiger partial charge in [0, 0.05) is 43.1 Å². The summed E-state index contributed by atoms with van der Waals surface area (Å²) in [6.07, 6.45) is 0.636. The summed E-state index contributed by atoms with van der Waals surface area (Å²) in [7, 11) is 1.65. The molecule has 1 heterocycles. The second kappa shape index (κ2) is 7.79. The molecular weight excluding hydrogens is 376 g/mol. The summed E-state index contributed by atoms with van der Waals surface area (Å²) in [5.74, 6) is -1.42.